The topological polar surface area (TPSA) is 113 Å². The molecule has 0 saturated carbocycles. The van der Waals surface area contributed by atoms with E-state index in [-0.39, 0.29) is 0 Å². The quantitative estimate of drug-likeness (QED) is 0.488. The second-order valence-corrected chi connectivity index (χ2v) is 5.81. The zero-order valence-electron chi connectivity index (χ0n) is 9.94. The maximum atomic E-state index is 12.0. The Labute approximate surface area is 110 Å². The molecule has 0 spiro atoms. The summed E-state index contributed by atoms with van der Waals surface area (Å²) >= 11 is 0. The van der Waals surface area contributed by atoms with Crippen molar-refractivity contribution >= 4 is 21.6 Å². The fraction of sp³-hybridized carbons (Fsp3) is 0.400. The van der Waals surface area contributed by atoms with E-state index >= 15 is 0 Å². The summed E-state index contributed by atoms with van der Waals surface area (Å²) in [5.74, 6) is -0.475. The lowest BCUT2D eigenvalue weighted by atomic mass is 10.2. The molecule has 1 saturated heterocycles. The second kappa shape index (κ2) is 5.02. The molecule has 0 bridgehead atoms. The molecule has 1 aromatic carbocycles. The molecule has 1 aliphatic heterocycles. The van der Waals surface area contributed by atoms with Gasteiger partial charge >= 0.3 is 10.2 Å². The highest BCUT2D eigenvalue weighted by Gasteiger charge is 2.29. The third-order valence-corrected chi connectivity index (χ3v) is 4.36. The molecule has 0 aliphatic carbocycles. The number of nitro groups is 1. The molecule has 1 fully saturated rings. The van der Waals surface area contributed by atoms with Crippen LogP contribution in [0.4, 0.5) is 11.4 Å². The first-order chi connectivity index (χ1) is 8.92. The minimum Gasteiger partial charge on any atom is -0.505 e. The number of nitrogens with zero attached hydrogens (tertiary/aromatic N) is 2. The number of aromatic hydroxyl groups is 1. The molecule has 0 aromatic heterocycles. The number of hydrogen-bond donors (Lipinski definition) is 2. The molecular weight excluding hydrogens is 274 g/mol. The molecule has 2 N–H and O–H groups in total. The van der Waals surface area contributed by atoms with Crippen molar-refractivity contribution in [3.05, 3.63) is 28.3 Å². The zero-order chi connectivity index (χ0) is 14.0. The molecule has 0 radical (unpaired) electrons. The average molecular weight is 287 g/mol. The minimum absolute atomic E-state index is 0.372. The van der Waals surface area contributed by atoms with Gasteiger partial charge in [-0.05, 0) is 18.9 Å². The number of phenols is 1. The molecule has 0 unspecified atom stereocenters. The third-order valence-electron chi connectivity index (χ3n) is 2.85. The Morgan fingerprint density at radius 2 is 1.95 bits per heavy atom. The highest BCUT2D eigenvalue weighted by molar-refractivity contribution is 7.90. The number of rotatable bonds is 4. The van der Waals surface area contributed by atoms with Crippen LogP contribution in [0.1, 0.15) is 12.8 Å². The molecular formula is C10H13N3O5S. The zero-order valence-corrected chi connectivity index (χ0v) is 10.8. The summed E-state index contributed by atoms with van der Waals surface area (Å²) in [7, 11) is -3.87. The summed E-state index contributed by atoms with van der Waals surface area (Å²) in [6.07, 6.45) is 1.51. The van der Waals surface area contributed by atoms with Crippen LogP contribution in [0.5, 0.6) is 5.75 Å². The van der Waals surface area contributed by atoms with Crippen molar-refractivity contribution in [2.75, 3.05) is 17.8 Å². The van der Waals surface area contributed by atoms with Gasteiger partial charge in [-0.15, -0.1) is 0 Å². The monoisotopic (exact) mass is 287 g/mol. The van der Waals surface area contributed by atoms with Crippen LogP contribution in [-0.2, 0) is 10.2 Å². The second-order valence-electron chi connectivity index (χ2n) is 4.14. The van der Waals surface area contributed by atoms with Gasteiger partial charge in [0.15, 0.2) is 5.69 Å². The Morgan fingerprint density at radius 3 is 2.53 bits per heavy atom. The molecule has 0 atom stereocenters. The molecule has 1 aromatic rings. The van der Waals surface area contributed by atoms with Crippen molar-refractivity contribution in [1.29, 1.82) is 0 Å². The Balaban J connectivity index is 2.35. The number of benzene rings is 1. The SMILES string of the molecule is O=[N+]([O-])c1cccc(O)c1NS(=O)(=O)N1CCCC1. The van der Waals surface area contributed by atoms with Gasteiger partial charge in [-0.1, -0.05) is 6.07 Å². The van der Waals surface area contributed by atoms with Gasteiger partial charge < -0.3 is 5.11 Å². The largest absolute Gasteiger partial charge is 0.505 e. The number of hydrogen-bond acceptors (Lipinski definition) is 5. The predicted octanol–water partition coefficient (Wildman–Crippen LogP) is 1.05. The van der Waals surface area contributed by atoms with E-state index in [9.17, 15) is 23.6 Å². The molecule has 19 heavy (non-hydrogen) atoms. The lowest BCUT2D eigenvalue weighted by Gasteiger charge is -2.17. The van der Waals surface area contributed by atoms with Gasteiger partial charge in [-0.2, -0.15) is 12.7 Å². The number of nitrogens with one attached hydrogen (secondary N) is 1. The Bertz CT molecular complexity index is 595. The van der Waals surface area contributed by atoms with E-state index < -0.39 is 32.3 Å². The van der Waals surface area contributed by atoms with Crippen molar-refractivity contribution in [2.45, 2.75) is 12.8 Å². The Morgan fingerprint density at radius 1 is 1.32 bits per heavy atom. The molecule has 8 nitrogen and oxygen atoms in total. The predicted molar refractivity (Wildman–Crippen MR) is 68.1 cm³/mol. The summed E-state index contributed by atoms with van der Waals surface area (Å²) in [5.41, 5.74) is -0.887. The highest BCUT2D eigenvalue weighted by Crippen LogP contribution is 2.34. The van der Waals surface area contributed by atoms with Crippen molar-refractivity contribution in [3.63, 3.8) is 0 Å². The van der Waals surface area contributed by atoms with Gasteiger partial charge in [0.2, 0.25) is 0 Å². The van der Waals surface area contributed by atoms with Gasteiger partial charge in [0.05, 0.1) is 4.92 Å². The van der Waals surface area contributed by atoms with Crippen LogP contribution in [0.25, 0.3) is 0 Å². The van der Waals surface area contributed by atoms with Crippen molar-refractivity contribution in [3.8, 4) is 5.75 Å². The van der Waals surface area contributed by atoms with Crippen molar-refractivity contribution in [1.82, 2.24) is 4.31 Å². The van der Waals surface area contributed by atoms with Crippen LogP contribution < -0.4 is 4.72 Å². The van der Waals surface area contributed by atoms with Crippen LogP contribution in [0.15, 0.2) is 18.2 Å². The van der Waals surface area contributed by atoms with E-state index in [1.165, 1.54) is 16.4 Å². The molecule has 9 heteroatoms. The van der Waals surface area contributed by atoms with E-state index in [2.05, 4.69) is 4.72 Å². The van der Waals surface area contributed by atoms with E-state index in [0.29, 0.717) is 13.1 Å². The van der Waals surface area contributed by atoms with Gasteiger partial charge in [-0.25, -0.2) is 0 Å². The smallest absolute Gasteiger partial charge is 0.301 e. The van der Waals surface area contributed by atoms with Gasteiger partial charge in [0, 0.05) is 19.2 Å². The molecule has 2 rings (SSSR count). The van der Waals surface area contributed by atoms with E-state index in [4.69, 9.17) is 0 Å². The normalized spacial score (nSPS) is 16.4. The average Bonchev–Trinajstić information content (AvgIpc) is 2.85. The van der Waals surface area contributed by atoms with Crippen LogP contribution >= 0.6 is 0 Å². The molecule has 1 aliphatic rings. The minimum atomic E-state index is -3.87. The summed E-state index contributed by atoms with van der Waals surface area (Å²) < 4.78 is 27.3. The van der Waals surface area contributed by atoms with Crippen LogP contribution in [0.2, 0.25) is 0 Å². The van der Waals surface area contributed by atoms with Crippen molar-refractivity contribution in [2.24, 2.45) is 0 Å². The number of anilines is 1. The highest BCUT2D eigenvalue weighted by atomic mass is 32.2. The fourth-order valence-electron chi connectivity index (χ4n) is 1.91. The first-order valence-corrected chi connectivity index (χ1v) is 7.10. The summed E-state index contributed by atoms with van der Waals surface area (Å²) in [4.78, 5) is 10.1. The first kappa shape index (κ1) is 13.6. The van der Waals surface area contributed by atoms with Gasteiger partial charge in [0.25, 0.3) is 5.69 Å². The Hall–Kier alpha value is -1.87. The number of phenolic OH excluding ortho intramolecular Hbond substituents is 1. The van der Waals surface area contributed by atoms with Crippen LogP contribution in [-0.4, -0.2) is 35.8 Å². The van der Waals surface area contributed by atoms with Crippen molar-refractivity contribution < 1.29 is 18.4 Å². The third kappa shape index (κ3) is 2.76. The van der Waals surface area contributed by atoms with E-state index in [1.54, 1.807) is 0 Å². The lowest BCUT2D eigenvalue weighted by Crippen LogP contribution is -2.33. The summed E-state index contributed by atoms with van der Waals surface area (Å²) in [5, 5.41) is 20.4. The summed E-state index contributed by atoms with van der Waals surface area (Å²) in [6.45, 7) is 0.744. The van der Waals surface area contributed by atoms with Gasteiger partial charge in [0.1, 0.15) is 5.75 Å². The fourth-order valence-corrected chi connectivity index (χ4v) is 3.24. The number of para-hydroxylation sites is 1. The Kier molecular flexibility index (Phi) is 3.58. The van der Waals surface area contributed by atoms with Gasteiger partial charge in [-0.3, -0.25) is 14.8 Å². The van der Waals surface area contributed by atoms with E-state index in [1.807, 2.05) is 0 Å². The standard InChI is InChI=1S/C10H13N3O5S/c14-9-5-3-4-8(13(15)16)10(9)11-19(17,18)12-6-1-2-7-12/h3-5,11,14H,1-2,6-7H2. The van der Waals surface area contributed by atoms with Crippen LogP contribution in [0.3, 0.4) is 0 Å². The lowest BCUT2D eigenvalue weighted by molar-refractivity contribution is -0.383. The first-order valence-electron chi connectivity index (χ1n) is 5.66. The summed E-state index contributed by atoms with van der Waals surface area (Å²) in [6, 6.07) is 3.59. The number of nitro benzene ring substituents is 1. The molecule has 0 amide bonds. The van der Waals surface area contributed by atoms with E-state index in [0.717, 1.165) is 18.9 Å². The molecule has 104 valence electrons. The maximum absolute atomic E-state index is 12.0. The molecule has 1 heterocycles. The van der Waals surface area contributed by atoms with Crippen LogP contribution in [0, 0.1) is 10.1 Å². The maximum Gasteiger partial charge on any atom is 0.301 e.